The van der Waals surface area contributed by atoms with Crippen molar-refractivity contribution in [2.24, 2.45) is 0 Å². The van der Waals surface area contributed by atoms with E-state index in [2.05, 4.69) is 5.32 Å². The summed E-state index contributed by atoms with van der Waals surface area (Å²) in [7, 11) is 1.57. The molecular weight excluding hydrogens is 308 g/mol. The molecule has 1 heterocycles. The van der Waals surface area contributed by atoms with Gasteiger partial charge < -0.3 is 14.8 Å². The van der Waals surface area contributed by atoms with E-state index in [0.29, 0.717) is 24.2 Å². The van der Waals surface area contributed by atoms with E-state index in [1.807, 2.05) is 30.3 Å². The van der Waals surface area contributed by atoms with E-state index in [9.17, 15) is 9.59 Å². The zero-order chi connectivity index (χ0) is 17.7. The zero-order valence-corrected chi connectivity index (χ0v) is 14.6. The number of methoxy groups -OCH3 is 1. The van der Waals surface area contributed by atoms with E-state index >= 15 is 0 Å². The van der Waals surface area contributed by atoms with Gasteiger partial charge in [-0.3, -0.25) is 4.79 Å². The van der Waals surface area contributed by atoms with Gasteiger partial charge in [0.1, 0.15) is 5.60 Å². The number of amides is 2. The predicted octanol–water partition coefficient (Wildman–Crippen LogP) is 3.17. The van der Waals surface area contributed by atoms with Crippen molar-refractivity contribution in [1.82, 2.24) is 4.90 Å². The van der Waals surface area contributed by atoms with Crippen LogP contribution in [0.25, 0.3) is 0 Å². The number of nitrogens with zero attached hydrogens (tertiary/aromatic N) is 1. The van der Waals surface area contributed by atoms with Crippen LogP contribution >= 0.6 is 0 Å². The lowest BCUT2D eigenvalue weighted by molar-refractivity contribution is -0.124. The van der Waals surface area contributed by atoms with Gasteiger partial charge in [-0.05, 0) is 39.3 Å². The second-order valence-corrected chi connectivity index (χ2v) is 6.57. The Morgan fingerprint density at radius 1 is 1.25 bits per heavy atom. The van der Waals surface area contributed by atoms with E-state index in [0.717, 1.165) is 10.6 Å². The minimum atomic E-state index is -0.637. The van der Waals surface area contributed by atoms with Crippen molar-refractivity contribution in [1.29, 1.82) is 0 Å². The fourth-order valence-electron chi connectivity index (χ4n) is 2.40. The minimum absolute atomic E-state index is 0.262. The molecule has 130 valence electrons. The van der Waals surface area contributed by atoms with Gasteiger partial charge in [-0.1, -0.05) is 18.2 Å². The van der Waals surface area contributed by atoms with E-state index in [4.69, 9.17) is 9.47 Å². The Balaban J connectivity index is 2.19. The monoisotopic (exact) mass is 332 g/mol. The van der Waals surface area contributed by atoms with Gasteiger partial charge in [-0.15, -0.1) is 0 Å². The molecule has 1 aliphatic heterocycles. The molecule has 1 saturated heterocycles. The largest absolute Gasteiger partial charge is 0.443 e. The van der Waals surface area contributed by atoms with Crippen LogP contribution in [0, 0.1) is 0 Å². The Kier molecular flexibility index (Phi) is 5.62. The number of imide groups is 1. The van der Waals surface area contributed by atoms with Gasteiger partial charge in [0.2, 0.25) is 0 Å². The number of likely N-dealkylation sites (tertiary alicyclic amines) is 1. The molecule has 0 radical (unpaired) electrons. The molecule has 0 spiro atoms. The summed E-state index contributed by atoms with van der Waals surface area (Å²) < 4.78 is 10.5. The van der Waals surface area contributed by atoms with Gasteiger partial charge in [-0.25, -0.2) is 9.69 Å². The summed E-state index contributed by atoms with van der Waals surface area (Å²) in [6.45, 7) is 5.89. The van der Waals surface area contributed by atoms with E-state index in [1.54, 1.807) is 27.9 Å². The fraction of sp³-hybridized carbons (Fsp3) is 0.444. The molecule has 6 nitrogen and oxygen atoms in total. The molecule has 0 saturated carbocycles. The van der Waals surface area contributed by atoms with Crippen molar-refractivity contribution in [3.05, 3.63) is 41.6 Å². The molecule has 1 aromatic rings. The molecule has 1 fully saturated rings. The molecular formula is C18H24N2O4. The Morgan fingerprint density at radius 2 is 1.92 bits per heavy atom. The fourth-order valence-corrected chi connectivity index (χ4v) is 2.40. The molecule has 2 rings (SSSR count). The number of benzene rings is 1. The molecule has 0 bridgehead atoms. The standard InChI is InChI=1S/C18H24N2O4/c1-18(2,3)24-17(22)20-11-10-14(16(20)21)15(12-23-4)19-13-8-6-5-7-9-13/h5-9,19H,10-12H2,1-4H3/b15-14+. The normalized spacial score (nSPS) is 17.0. The van der Waals surface area contributed by atoms with Crippen LogP contribution < -0.4 is 5.32 Å². The van der Waals surface area contributed by atoms with Crippen LogP contribution in [0.15, 0.2) is 41.6 Å². The average molecular weight is 332 g/mol. The number of hydrogen-bond acceptors (Lipinski definition) is 5. The molecule has 24 heavy (non-hydrogen) atoms. The first kappa shape index (κ1) is 18.0. The van der Waals surface area contributed by atoms with Gasteiger partial charge in [0.15, 0.2) is 0 Å². The topological polar surface area (TPSA) is 67.9 Å². The van der Waals surface area contributed by atoms with Crippen molar-refractivity contribution < 1.29 is 19.1 Å². The van der Waals surface area contributed by atoms with Crippen LogP contribution in [0.1, 0.15) is 27.2 Å². The number of anilines is 1. The zero-order valence-electron chi connectivity index (χ0n) is 14.6. The Labute approximate surface area is 142 Å². The third-order valence-corrected chi connectivity index (χ3v) is 3.42. The maximum Gasteiger partial charge on any atom is 0.417 e. The average Bonchev–Trinajstić information content (AvgIpc) is 2.88. The summed E-state index contributed by atoms with van der Waals surface area (Å²) in [4.78, 5) is 25.9. The molecule has 0 aliphatic carbocycles. The summed E-state index contributed by atoms with van der Waals surface area (Å²) in [6, 6.07) is 9.53. The van der Waals surface area contributed by atoms with Crippen LogP contribution in [0.3, 0.4) is 0 Å². The van der Waals surface area contributed by atoms with Crippen molar-refractivity contribution in [2.75, 3.05) is 25.6 Å². The number of para-hydroxylation sites is 1. The quantitative estimate of drug-likeness (QED) is 0.858. The van der Waals surface area contributed by atoms with Gasteiger partial charge in [0.25, 0.3) is 5.91 Å². The summed E-state index contributed by atoms with van der Waals surface area (Å²) >= 11 is 0. The van der Waals surface area contributed by atoms with Crippen molar-refractivity contribution in [2.45, 2.75) is 32.8 Å². The predicted molar refractivity (Wildman–Crippen MR) is 91.5 cm³/mol. The number of rotatable bonds is 4. The molecule has 6 heteroatoms. The highest BCUT2D eigenvalue weighted by Gasteiger charge is 2.35. The second-order valence-electron chi connectivity index (χ2n) is 6.57. The second kappa shape index (κ2) is 7.49. The third kappa shape index (κ3) is 4.58. The molecule has 2 amide bonds. The van der Waals surface area contributed by atoms with Crippen LogP contribution in [0.2, 0.25) is 0 Å². The van der Waals surface area contributed by atoms with Crippen LogP contribution in [-0.2, 0) is 14.3 Å². The lowest BCUT2D eigenvalue weighted by Gasteiger charge is -2.23. The molecule has 0 atom stereocenters. The number of hydrogen-bond donors (Lipinski definition) is 1. The van der Waals surface area contributed by atoms with Gasteiger partial charge in [0.05, 0.1) is 12.3 Å². The minimum Gasteiger partial charge on any atom is -0.443 e. The maximum atomic E-state index is 12.6. The van der Waals surface area contributed by atoms with Crippen molar-refractivity contribution >= 4 is 17.7 Å². The molecule has 1 N–H and O–H groups in total. The van der Waals surface area contributed by atoms with Gasteiger partial charge in [-0.2, -0.15) is 0 Å². The summed E-state index contributed by atoms with van der Waals surface area (Å²) in [5, 5.41) is 3.22. The van der Waals surface area contributed by atoms with Crippen molar-refractivity contribution in [3.63, 3.8) is 0 Å². The Hall–Kier alpha value is -2.34. The van der Waals surface area contributed by atoms with E-state index in [-0.39, 0.29) is 12.5 Å². The van der Waals surface area contributed by atoms with Crippen LogP contribution in [0.4, 0.5) is 10.5 Å². The van der Waals surface area contributed by atoms with Crippen LogP contribution in [0.5, 0.6) is 0 Å². The smallest absolute Gasteiger partial charge is 0.417 e. The highest BCUT2D eigenvalue weighted by Crippen LogP contribution is 2.24. The number of nitrogens with one attached hydrogen (secondary N) is 1. The SMILES string of the molecule is COC/C(Nc1ccccc1)=C1/CCN(C(=O)OC(C)(C)C)C1=O. The highest BCUT2D eigenvalue weighted by atomic mass is 16.6. The summed E-state index contributed by atoms with van der Waals surface area (Å²) in [6.07, 6.45) is -0.143. The van der Waals surface area contributed by atoms with Crippen molar-refractivity contribution in [3.8, 4) is 0 Å². The molecule has 1 aliphatic rings. The Morgan fingerprint density at radius 3 is 2.50 bits per heavy atom. The van der Waals surface area contributed by atoms with Gasteiger partial charge in [0, 0.05) is 24.9 Å². The summed E-state index contributed by atoms with van der Waals surface area (Å²) in [5.41, 5.74) is 1.44. The first-order valence-electron chi connectivity index (χ1n) is 7.89. The molecule has 1 aromatic carbocycles. The summed E-state index contributed by atoms with van der Waals surface area (Å²) in [5.74, 6) is -0.334. The van der Waals surface area contributed by atoms with E-state index < -0.39 is 11.7 Å². The van der Waals surface area contributed by atoms with Gasteiger partial charge >= 0.3 is 6.09 Å². The number of carbonyl (C=O) groups is 2. The lowest BCUT2D eigenvalue weighted by atomic mass is 10.1. The van der Waals surface area contributed by atoms with E-state index in [1.165, 1.54) is 0 Å². The number of ether oxygens (including phenoxy) is 2. The lowest BCUT2D eigenvalue weighted by Crippen LogP contribution is -2.37. The highest BCUT2D eigenvalue weighted by molar-refractivity contribution is 6.05. The maximum absolute atomic E-state index is 12.6. The Bertz CT molecular complexity index is 632. The molecule has 0 aromatic heterocycles. The first-order chi connectivity index (χ1) is 11.3. The number of carbonyl (C=O) groups excluding carboxylic acids is 2. The van der Waals surface area contributed by atoms with Crippen LogP contribution in [-0.4, -0.2) is 42.8 Å². The molecule has 0 unspecified atom stereocenters. The third-order valence-electron chi connectivity index (χ3n) is 3.42. The first-order valence-corrected chi connectivity index (χ1v) is 7.89.